The molecule has 0 aliphatic carbocycles. The van der Waals surface area contributed by atoms with Crippen LogP contribution in [-0.2, 0) is 9.53 Å². The van der Waals surface area contributed by atoms with E-state index in [1.807, 2.05) is 6.92 Å². The van der Waals surface area contributed by atoms with Crippen molar-refractivity contribution in [3.63, 3.8) is 0 Å². The molecule has 0 fully saturated rings. The molecule has 0 atom stereocenters. The zero-order valence-electron chi connectivity index (χ0n) is 4.89. The van der Waals surface area contributed by atoms with Crippen molar-refractivity contribution in [2.75, 3.05) is 6.61 Å². The molecule has 0 aromatic heterocycles. The van der Waals surface area contributed by atoms with E-state index < -0.39 is 5.97 Å². The number of esters is 1. The van der Waals surface area contributed by atoms with Crippen LogP contribution in [0.4, 0.5) is 0 Å². The number of hydrogen-bond donors (Lipinski definition) is 1. The van der Waals surface area contributed by atoms with Gasteiger partial charge < -0.3 is 10.5 Å². The van der Waals surface area contributed by atoms with Crippen molar-refractivity contribution in [3.05, 3.63) is 6.54 Å². The highest BCUT2D eigenvalue weighted by Crippen LogP contribution is 1.80. The first-order chi connectivity index (χ1) is 3.81. The zero-order valence-corrected chi connectivity index (χ0v) is 4.89. The third kappa shape index (κ3) is 3.61. The molecule has 0 amide bonds. The summed E-state index contributed by atoms with van der Waals surface area (Å²) in [6.07, 6.45) is 0.833. The molecule has 0 unspecified atom stereocenters. The molecule has 3 heteroatoms. The average Bonchev–Trinajstić information content (AvgIpc) is 1.83. The smallest absolute Gasteiger partial charge is 0.325 e. The molecule has 0 aromatic rings. The van der Waals surface area contributed by atoms with Crippen LogP contribution in [0.1, 0.15) is 13.3 Å². The Balaban J connectivity index is 2.99. The van der Waals surface area contributed by atoms with Crippen LogP contribution in [0.5, 0.6) is 0 Å². The van der Waals surface area contributed by atoms with Crippen molar-refractivity contribution < 1.29 is 9.53 Å². The fourth-order valence-electron chi connectivity index (χ4n) is 0.251. The fourth-order valence-corrected chi connectivity index (χ4v) is 0.251. The number of carbonyl (C=O) groups excluding carboxylic acids is 1. The monoisotopic (exact) mass is 116 g/mol. The Morgan fingerprint density at radius 3 is 2.88 bits per heavy atom. The molecule has 0 spiro atoms. The highest BCUT2D eigenvalue weighted by molar-refractivity contribution is 5.77. The molecule has 0 aliphatic heterocycles. The van der Waals surface area contributed by atoms with Crippen LogP contribution in [0.2, 0.25) is 0 Å². The summed E-state index contributed by atoms with van der Waals surface area (Å²) in [5.74, 6) is -0.452. The highest BCUT2D eigenvalue weighted by atomic mass is 16.5. The highest BCUT2D eigenvalue weighted by Gasteiger charge is 1.94. The maximum atomic E-state index is 10.2. The molecule has 0 aliphatic rings. The normalized spacial score (nSPS) is 8.75. The topological polar surface area (TPSA) is 52.3 Å². The molecule has 2 N–H and O–H groups in total. The van der Waals surface area contributed by atoms with Gasteiger partial charge >= 0.3 is 5.97 Å². The second kappa shape index (κ2) is 4.59. The summed E-state index contributed by atoms with van der Waals surface area (Å²) >= 11 is 0. The van der Waals surface area contributed by atoms with Gasteiger partial charge in [0.25, 0.3) is 0 Å². The fraction of sp³-hybridized carbons (Fsp3) is 0.600. The third-order valence-electron chi connectivity index (χ3n) is 0.585. The Kier molecular flexibility index (Phi) is 4.26. The van der Waals surface area contributed by atoms with Crippen LogP contribution in [0.25, 0.3) is 0 Å². The predicted octanol–water partition coefficient (Wildman–Crippen LogP) is 0.0601. The minimum absolute atomic E-state index is 0.451. The van der Waals surface area contributed by atoms with Crippen LogP contribution in [-0.4, -0.2) is 12.6 Å². The van der Waals surface area contributed by atoms with E-state index in [1.165, 1.54) is 0 Å². The van der Waals surface area contributed by atoms with E-state index in [9.17, 15) is 4.79 Å². The number of carbonyl (C=O) groups is 1. The summed E-state index contributed by atoms with van der Waals surface area (Å²) in [5.41, 5.74) is 4.81. The number of hydrogen-bond acceptors (Lipinski definition) is 3. The molecule has 47 valence electrons. The van der Waals surface area contributed by atoms with Gasteiger partial charge in [0.1, 0.15) is 6.54 Å². The average molecular weight is 116 g/mol. The van der Waals surface area contributed by atoms with E-state index in [0.29, 0.717) is 6.61 Å². The molecule has 0 rings (SSSR count). The second-order valence-corrected chi connectivity index (χ2v) is 1.33. The van der Waals surface area contributed by atoms with Gasteiger partial charge in [0.2, 0.25) is 0 Å². The third-order valence-corrected chi connectivity index (χ3v) is 0.585. The summed E-state index contributed by atoms with van der Waals surface area (Å²) in [5, 5.41) is 0. The molecule has 8 heavy (non-hydrogen) atoms. The standard InChI is InChI=1S/C5H10NO2/c1-2-3-8-5(7)4-6/h4H,2-3,6H2,1H3. The molecule has 0 saturated heterocycles. The van der Waals surface area contributed by atoms with Gasteiger partial charge in [0.05, 0.1) is 6.61 Å². The van der Waals surface area contributed by atoms with Crippen molar-refractivity contribution in [1.82, 2.24) is 0 Å². The van der Waals surface area contributed by atoms with Crippen molar-refractivity contribution >= 4 is 5.97 Å². The van der Waals surface area contributed by atoms with Crippen molar-refractivity contribution in [2.24, 2.45) is 5.73 Å². The Morgan fingerprint density at radius 1 is 1.88 bits per heavy atom. The molecule has 0 aromatic carbocycles. The first-order valence-corrected chi connectivity index (χ1v) is 2.53. The van der Waals surface area contributed by atoms with E-state index in [1.54, 1.807) is 0 Å². The molecule has 1 radical (unpaired) electrons. The Hall–Kier alpha value is -0.570. The summed E-state index contributed by atoms with van der Waals surface area (Å²) in [4.78, 5) is 10.2. The van der Waals surface area contributed by atoms with Crippen LogP contribution >= 0.6 is 0 Å². The van der Waals surface area contributed by atoms with Crippen LogP contribution < -0.4 is 5.73 Å². The second-order valence-electron chi connectivity index (χ2n) is 1.33. The molecule has 0 saturated carbocycles. The maximum absolute atomic E-state index is 10.2. The molecule has 3 nitrogen and oxygen atoms in total. The molecular weight excluding hydrogens is 106 g/mol. The van der Waals surface area contributed by atoms with E-state index in [0.717, 1.165) is 13.0 Å². The zero-order chi connectivity index (χ0) is 6.41. The van der Waals surface area contributed by atoms with Crippen molar-refractivity contribution in [2.45, 2.75) is 13.3 Å². The number of rotatable bonds is 3. The van der Waals surface area contributed by atoms with Crippen molar-refractivity contribution in [1.29, 1.82) is 0 Å². The Labute approximate surface area is 48.8 Å². The first-order valence-electron chi connectivity index (χ1n) is 2.53. The van der Waals surface area contributed by atoms with Crippen LogP contribution in [0.15, 0.2) is 0 Å². The predicted molar refractivity (Wildman–Crippen MR) is 29.7 cm³/mol. The molecular formula is C5H10NO2. The first kappa shape index (κ1) is 7.43. The molecule has 0 bridgehead atoms. The van der Waals surface area contributed by atoms with Gasteiger partial charge in [-0.15, -0.1) is 0 Å². The Bertz CT molecular complexity index is 72.8. The van der Waals surface area contributed by atoms with Gasteiger partial charge in [-0.1, -0.05) is 6.92 Å². The van der Waals surface area contributed by atoms with Gasteiger partial charge in [-0.2, -0.15) is 0 Å². The lowest BCUT2D eigenvalue weighted by Crippen LogP contribution is -2.10. The van der Waals surface area contributed by atoms with Gasteiger partial charge in [-0.3, -0.25) is 4.79 Å². The lowest BCUT2D eigenvalue weighted by Gasteiger charge is -1.96. The lowest BCUT2D eigenvalue weighted by molar-refractivity contribution is -0.139. The Morgan fingerprint density at radius 2 is 2.50 bits per heavy atom. The van der Waals surface area contributed by atoms with Gasteiger partial charge in [0.15, 0.2) is 0 Å². The van der Waals surface area contributed by atoms with E-state index >= 15 is 0 Å². The minimum Gasteiger partial charge on any atom is -0.464 e. The minimum atomic E-state index is -0.452. The van der Waals surface area contributed by atoms with E-state index in [-0.39, 0.29) is 0 Å². The summed E-state index contributed by atoms with van der Waals surface area (Å²) in [6.45, 7) is 3.28. The van der Waals surface area contributed by atoms with E-state index in [2.05, 4.69) is 4.74 Å². The summed E-state index contributed by atoms with van der Waals surface area (Å²) in [6, 6.07) is 0. The quantitative estimate of drug-likeness (QED) is 0.530. The number of nitrogens with two attached hydrogens (primary N) is 1. The molecule has 0 heterocycles. The van der Waals surface area contributed by atoms with Gasteiger partial charge in [-0.05, 0) is 6.42 Å². The van der Waals surface area contributed by atoms with Gasteiger partial charge in [-0.25, -0.2) is 0 Å². The largest absolute Gasteiger partial charge is 0.464 e. The van der Waals surface area contributed by atoms with Gasteiger partial charge in [0, 0.05) is 0 Å². The van der Waals surface area contributed by atoms with Crippen molar-refractivity contribution in [3.8, 4) is 0 Å². The van der Waals surface area contributed by atoms with Crippen LogP contribution in [0, 0.1) is 6.54 Å². The van der Waals surface area contributed by atoms with Crippen LogP contribution in [0.3, 0.4) is 0 Å². The number of ether oxygens (including phenoxy) is 1. The maximum Gasteiger partial charge on any atom is 0.325 e. The summed E-state index contributed by atoms with van der Waals surface area (Å²) < 4.78 is 4.52. The lowest BCUT2D eigenvalue weighted by atomic mass is 10.5. The van der Waals surface area contributed by atoms with E-state index in [4.69, 9.17) is 5.73 Å². The SMILES string of the molecule is CCCOC(=O)[CH]N. The summed E-state index contributed by atoms with van der Waals surface area (Å²) in [7, 11) is 0.